The Labute approximate surface area is 178 Å². The van der Waals surface area contributed by atoms with Gasteiger partial charge in [0.05, 0.1) is 7.11 Å². The number of rotatable bonds is 8. The van der Waals surface area contributed by atoms with Crippen molar-refractivity contribution in [1.29, 1.82) is 0 Å². The Morgan fingerprint density at radius 1 is 1.16 bits per heavy atom. The molecule has 0 saturated heterocycles. The van der Waals surface area contributed by atoms with Crippen LogP contribution >= 0.6 is 0 Å². The standard InChI is InChI=1S/C23H23NO7/c1-4-18(23(27)28)24-20(25)12-30-19-10-9-16-17(11-21(26)31-22(16)13(19)2)14-5-7-15(29-3)8-6-14/h5-11,18H,4,12H2,1-3H3,(H,24,25)(H,27,28)/t18-/m1/s1. The van der Waals surface area contributed by atoms with Crippen LogP contribution in [0.4, 0.5) is 0 Å². The minimum absolute atomic E-state index is 0.259. The molecule has 31 heavy (non-hydrogen) atoms. The van der Waals surface area contributed by atoms with E-state index in [-0.39, 0.29) is 13.0 Å². The van der Waals surface area contributed by atoms with Crippen LogP contribution in [0.25, 0.3) is 22.1 Å². The number of ether oxygens (including phenoxy) is 2. The lowest BCUT2D eigenvalue weighted by Crippen LogP contribution is -2.42. The van der Waals surface area contributed by atoms with E-state index in [0.29, 0.717) is 28.2 Å². The van der Waals surface area contributed by atoms with E-state index < -0.39 is 23.5 Å². The summed E-state index contributed by atoms with van der Waals surface area (Å²) in [4.78, 5) is 35.3. The third-order valence-electron chi connectivity index (χ3n) is 4.91. The van der Waals surface area contributed by atoms with Gasteiger partial charge in [0.2, 0.25) is 0 Å². The van der Waals surface area contributed by atoms with Gasteiger partial charge >= 0.3 is 11.6 Å². The van der Waals surface area contributed by atoms with Gasteiger partial charge < -0.3 is 24.3 Å². The highest BCUT2D eigenvalue weighted by Crippen LogP contribution is 2.33. The average molecular weight is 425 g/mol. The quantitative estimate of drug-likeness (QED) is 0.533. The molecule has 2 aromatic carbocycles. The number of amides is 1. The van der Waals surface area contributed by atoms with Gasteiger partial charge in [0.25, 0.3) is 5.91 Å². The van der Waals surface area contributed by atoms with Crippen molar-refractivity contribution in [2.75, 3.05) is 13.7 Å². The van der Waals surface area contributed by atoms with Crippen LogP contribution in [0.1, 0.15) is 18.9 Å². The van der Waals surface area contributed by atoms with Crippen LogP contribution < -0.4 is 20.4 Å². The molecular formula is C23H23NO7. The predicted octanol–water partition coefficient (Wildman–Crippen LogP) is 3.14. The lowest BCUT2D eigenvalue weighted by atomic mass is 10.00. The second-order valence-corrected chi connectivity index (χ2v) is 6.93. The third-order valence-corrected chi connectivity index (χ3v) is 4.91. The summed E-state index contributed by atoms with van der Waals surface area (Å²) >= 11 is 0. The number of carboxylic acids is 1. The van der Waals surface area contributed by atoms with E-state index in [0.717, 1.165) is 10.9 Å². The van der Waals surface area contributed by atoms with Crippen molar-refractivity contribution < 1.29 is 28.6 Å². The fourth-order valence-corrected chi connectivity index (χ4v) is 3.23. The maximum atomic E-state index is 12.2. The number of nitrogens with one attached hydrogen (secondary N) is 1. The van der Waals surface area contributed by atoms with E-state index in [1.165, 1.54) is 6.07 Å². The van der Waals surface area contributed by atoms with E-state index in [4.69, 9.17) is 19.0 Å². The van der Waals surface area contributed by atoms with Crippen LogP contribution in [0.5, 0.6) is 11.5 Å². The molecule has 0 fully saturated rings. The number of aryl methyl sites for hydroxylation is 1. The van der Waals surface area contributed by atoms with Gasteiger partial charge in [-0.05, 0) is 48.7 Å². The number of carboxylic acid groups (broad SMARTS) is 1. The molecule has 0 unspecified atom stereocenters. The van der Waals surface area contributed by atoms with E-state index >= 15 is 0 Å². The zero-order chi connectivity index (χ0) is 22.5. The molecule has 8 nitrogen and oxygen atoms in total. The SMILES string of the molecule is CC[C@@H](NC(=O)COc1ccc2c(-c3ccc(OC)cc3)cc(=O)oc2c1C)C(=O)O. The number of methoxy groups -OCH3 is 1. The fourth-order valence-electron chi connectivity index (χ4n) is 3.23. The number of fused-ring (bicyclic) bond motifs is 1. The molecule has 0 radical (unpaired) electrons. The van der Waals surface area contributed by atoms with Crippen molar-refractivity contribution in [3.63, 3.8) is 0 Å². The first-order valence-electron chi connectivity index (χ1n) is 9.71. The van der Waals surface area contributed by atoms with Crippen molar-refractivity contribution in [2.24, 2.45) is 0 Å². The number of hydrogen-bond acceptors (Lipinski definition) is 6. The Hall–Kier alpha value is -3.81. The molecule has 162 valence electrons. The molecule has 0 aliphatic heterocycles. The Morgan fingerprint density at radius 3 is 2.48 bits per heavy atom. The second kappa shape index (κ2) is 9.34. The monoisotopic (exact) mass is 425 g/mol. The molecular weight excluding hydrogens is 402 g/mol. The van der Waals surface area contributed by atoms with Crippen LogP contribution in [0, 0.1) is 6.92 Å². The van der Waals surface area contributed by atoms with E-state index in [1.54, 1.807) is 45.2 Å². The van der Waals surface area contributed by atoms with Gasteiger partial charge in [-0.2, -0.15) is 0 Å². The summed E-state index contributed by atoms with van der Waals surface area (Å²) in [6.45, 7) is 3.02. The first kappa shape index (κ1) is 21.9. The van der Waals surface area contributed by atoms with Gasteiger partial charge in [0.15, 0.2) is 6.61 Å². The summed E-state index contributed by atoms with van der Waals surface area (Å²) < 4.78 is 16.2. The van der Waals surface area contributed by atoms with Crippen molar-refractivity contribution in [2.45, 2.75) is 26.3 Å². The minimum atomic E-state index is -1.11. The largest absolute Gasteiger partial charge is 0.497 e. The number of benzene rings is 2. The first-order chi connectivity index (χ1) is 14.8. The zero-order valence-electron chi connectivity index (χ0n) is 17.4. The highest BCUT2D eigenvalue weighted by atomic mass is 16.5. The van der Waals surface area contributed by atoms with Gasteiger partial charge in [-0.1, -0.05) is 19.1 Å². The number of hydrogen-bond donors (Lipinski definition) is 2. The molecule has 3 rings (SSSR count). The topological polar surface area (TPSA) is 115 Å². The van der Waals surface area contributed by atoms with Crippen LogP contribution in [0.3, 0.4) is 0 Å². The van der Waals surface area contributed by atoms with Crippen molar-refractivity contribution in [3.8, 4) is 22.6 Å². The van der Waals surface area contributed by atoms with Crippen LogP contribution in [-0.4, -0.2) is 36.7 Å². The summed E-state index contributed by atoms with van der Waals surface area (Å²) in [5, 5.41) is 12.2. The molecule has 8 heteroatoms. The number of carbonyl (C=O) groups excluding carboxylic acids is 1. The summed E-state index contributed by atoms with van der Waals surface area (Å²) in [6, 6.07) is 11.2. The number of carbonyl (C=O) groups is 2. The van der Waals surface area contributed by atoms with E-state index in [1.807, 2.05) is 12.1 Å². The lowest BCUT2D eigenvalue weighted by Gasteiger charge is -2.14. The summed E-state index contributed by atoms with van der Waals surface area (Å²) in [7, 11) is 1.58. The van der Waals surface area contributed by atoms with Crippen molar-refractivity contribution in [3.05, 3.63) is 58.4 Å². The zero-order valence-corrected chi connectivity index (χ0v) is 17.4. The minimum Gasteiger partial charge on any atom is -0.497 e. The average Bonchev–Trinajstić information content (AvgIpc) is 2.76. The molecule has 2 N–H and O–H groups in total. The highest BCUT2D eigenvalue weighted by Gasteiger charge is 2.19. The second-order valence-electron chi connectivity index (χ2n) is 6.93. The van der Waals surface area contributed by atoms with E-state index in [9.17, 15) is 14.4 Å². The normalized spacial score (nSPS) is 11.7. The number of aliphatic carboxylic acids is 1. The molecule has 1 atom stereocenters. The van der Waals surface area contributed by atoms with Gasteiger partial charge in [0.1, 0.15) is 23.1 Å². The van der Waals surface area contributed by atoms with Crippen LogP contribution in [0.2, 0.25) is 0 Å². The fraction of sp³-hybridized carbons (Fsp3) is 0.261. The predicted molar refractivity (Wildman–Crippen MR) is 115 cm³/mol. The molecule has 0 aliphatic carbocycles. The third kappa shape index (κ3) is 4.85. The molecule has 0 saturated carbocycles. The molecule has 1 amide bonds. The molecule has 0 spiro atoms. The maximum absolute atomic E-state index is 12.2. The smallest absolute Gasteiger partial charge is 0.336 e. The maximum Gasteiger partial charge on any atom is 0.336 e. The van der Waals surface area contributed by atoms with E-state index in [2.05, 4.69) is 5.32 Å². The Kier molecular flexibility index (Phi) is 6.59. The highest BCUT2D eigenvalue weighted by molar-refractivity contribution is 5.95. The van der Waals surface area contributed by atoms with Gasteiger partial charge in [-0.25, -0.2) is 9.59 Å². The van der Waals surface area contributed by atoms with Gasteiger partial charge in [-0.15, -0.1) is 0 Å². The molecule has 0 aliphatic rings. The van der Waals surface area contributed by atoms with Gasteiger partial charge in [0, 0.05) is 17.0 Å². The van der Waals surface area contributed by atoms with Crippen LogP contribution in [-0.2, 0) is 9.59 Å². The summed E-state index contributed by atoms with van der Waals surface area (Å²) in [6.07, 6.45) is 0.259. The lowest BCUT2D eigenvalue weighted by molar-refractivity contribution is -0.142. The molecule has 1 aromatic heterocycles. The summed E-state index contributed by atoms with van der Waals surface area (Å²) in [5.41, 5.74) is 1.93. The molecule has 0 bridgehead atoms. The van der Waals surface area contributed by atoms with Crippen molar-refractivity contribution >= 4 is 22.8 Å². The van der Waals surface area contributed by atoms with Gasteiger partial charge in [-0.3, -0.25) is 4.79 Å². The van der Waals surface area contributed by atoms with Crippen molar-refractivity contribution in [1.82, 2.24) is 5.32 Å². The Balaban J connectivity index is 1.89. The Morgan fingerprint density at radius 2 is 1.87 bits per heavy atom. The first-order valence-corrected chi connectivity index (χ1v) is 9.71. The molecule has 1 heterocycles. The van der Waals surface area contributed by atoms with Crippen LogP contribution in [0.15, 0.2) is 51.7 Å². The summed E-state index contributed by atoms with van der Waals surface area (Å²) in [5.74, 6) is -0.594. The molecule has 3 aromatic rings. The Bertz CT molecular complexity index is 1160.